The average Bonchev–Trinajstić information content (AvgIpc) is 2.62. The third-order valence-electron chi connectivity index (χ3n) is 5.08. The van der Waals surface area contributed by atoms with Crippen LogP contribution in [0.5, 0.6) is 0 Å². The molecule has 2 aliphatic heterocycles. The molecule has 2 saturated heterocycles. The van der Waals surface area contributed by atoms with Gasteiger partial charge in [0.2, 0.25) is 11.8 Å². The minimum Gasteiger partial charge on any atom is -0.333 e. The van der Waals surface area contributed by atoms with Gasteiger partial charge in [0.05, 0.1) is 12.6 Å². The lowest BCUT2D eigenvalue weighted by molar-refractivity contribution is -0.143. The van der Waals surface area contributed by atoms with Gasteiger partial charge in [0.15, 0.2) is 0 Å². The van der Waals surface area contributed by atoms with Crippen LogP contribution < -0.4 is 5.32 Å². The lowest BCUT2D eigenvalue weighted by Crippen LogP contribution is -2.52. The maximum atomic E-state index is 13.0. The van der Waals surface area contributed by atoms with Crippen LogP contribution in [0, 0.1) is 0 Å². The van der Waals surface area contributed by atoms with Gasteiger partial charge in [-0.25, -0.2) is 0 Å². The van der Waals surface area contributed by atoms with E-state index in [1.54, 1.807) is 4.90 Å². The Kier molecular flexibility index (Phi) is 8.19. The summed E-state index contributed by atoms with van der Waals surface area (Å²) in [5.74, 6) is 0.123. The van der Waals surface area contributed by atoms with Gasteiger partial charge in [-0.1, -0.05) is 42.6 Å². The highest BCUT2D eigenvalue weighted by Crippen LogP contribution is 2.28. The van der Waals surface area contributed by atoms with Gasteiger partial charge in [0.25, 0.3) is 0 Å². The van der Waals surface area contributed by atoms with Crippen LogP contribution in [0.15, 0.2) is 24.3 Å². The van der Waals surface area contributed by atoms with E-state index in [2.05, 4.69) is 5.32 Å². The van der Waals surface area contributed by atoms with E-state index in [1.165, 1.54) is 0 Å². The number of piperazine rings is 1. The fourth-order valence-electron chi connectivity index (χ4n) is 3.66. The van der Waals surface area contributed by atoms with Gasteiger partial charge in [-0.15, -0.1) is 12.4 Å². The largest absolute Gasteiger partial charge is 0.333 e. The Hall–Kier alpha value is -1.30. The van der Waals surface area contributed by atoms with Gasteiger partial charge in [-0.2, -0.15) is 0 Å². The van der Waals surface area contributed by atoms with E-state index in [4.69, 9.17) is 11.6 Å². The summed E-state index contributed by atoms with van der Waals surface area (Å²) >= 11 is 6.35. The van der Waals surface area contributed by atoms with E-state index >= 15 is 0 Å². The Morgan fingerprint density at radius 1 is 1.15 bits per heavy atom. The molecular formula is C19H27Cl2N3O2. The molecule has 2 fully saturated rings. The lowest BCUT2D eigenvalue weighted by Gasteiger charge is -2.38. The monoisotopic (exact) mass is 399 g/mol. The Labute approximate surface area is 166 Å². The van der Waals surface area contributed by atoms with Crippen LogP contribution >= 0.6 is 24.0 Å². The summed E-state index contributed by atoms with van der Waals surface area (Å²) < 4.78 is 0. The van der Waals surface area contributed by atoms with Gasteiger partial charge in [0, 0.05) is 37.6 Å². The molecule has 0 spiro atoms. The second-order valence-corrected chi connectivity index (χ2v) is 7.22. The lowest BCUT2D eigenvalue weighted by atomic mass is 10.0. The Morgan fingerprint density at radius 3 is 2.73 bits per heavy atom. The molecule has 144 valence electrons. The zero-order valence-corrected chi connectivity index (χ0v) is 16.5. The average molecular weight is 400 g/mol. The molecule has 0 aliphatic carbocycles. The zero-order chi connectivity index (χ0) is 17.6. The number of amides is 2. The van der Waals surface area contributed by atoms with Crippen molar-refractivity contribution in [3.05, 3.63) is 34.9 Å². The Balaban J connectivity index is 0.00000243. The van der Waals surface area contributed by atoms with Crippen LogP contribution in [0.2, 0.25) is 5.02 Å². The normalized spacial score (nSPS) is 21.6. The van der Waals surface area contributed by atoms with Crippen molar-refractivity contribution in [1.82, 2.24) is 15.1 Å². The number of benzene rings is 1. The molecule has 0 radical (unpaired) electrons. The van der Waals surface area contributed by atoms with E-state index in [-0.39, 0.29) is 36.8 Å². The summed E-state index contributed by atoms with van der Waals surface area (Å²) in [5.41, 5.74) is 0.962. The molecular weight excluding hydrogens is 373 g/mol. The Bertz CT molecular complexity index is 627. The summed E-state index contributed by atoms with van der Waals surface area (Å²) in [4.78, 5) is 28.9. The third-order valence-corrected chi connectivity index (χ3v) is 5.42. The standard InChI is InChI=1S/C19H26ClN3O2.ClH/c20-16-8-5-4-7-15(16)17-13-21-10-12-23(17)19(25)14-22-11-6-2-1-3-9-18(22)24;/h4-5,7-8,17,21H,1-3,6,9-14H2;1H. The van der Waals surface area contributed by atoms with Gasteiger partial charge < -0.3 is 15.1 Å². The second kappa shape index (κ2) is 10.1. The fourth-order valence-corrected chi connectivity index (χ4v) is 3.92. The maximum absolute atomic E-state index is 13.0. The van der Waals surface area contributed by atoms with Crippen molar-refractivity contribution < 1.29 is 9.59 Å². The first-order chi connectivity index (χ1) is 12.2. The molecule has 2 heterocycles. The molecule has 2 aliphatic rings. The summed E-state index contributed by atoms with van der Waals surface area (Å²) in [6.07, 6.45) is 4.71. The first-order valence-electron chi connectivity index (χ1n) is 9.19. The summed E-state index contributed by atoms with van der Waals surface area (Å²) in [6, 6.07) is 7.59. The number of hydrogen-bond donors (Lipinski definition) is 1. The van der Waals surface area contributed by atoms with E-state index in [0.717, 1.165) is 37.8 Å². The van der Waals surface area contributed by atoms with Gasteiger partial charge in [-0.3, -0.25) is 9.59 Å². The number of rotatable bonds is 3. The van der Waals surface area contributed by atoms with Gasteiger partial charge in [0.1, 0.15) is 0 Å². The molecule has 1 atom stereocenters. The highest BCUT2D eigenvalue weighted by Gasteiger charge is 2.30. The Morgan fingerprint density at radius 2 is 1.92 bits per heavy atom. The molecule has 1 aromatic carbocycles. The van der Waals surface area contributed by atoms with Crippen molar-refractivity contribution in [2.45, 2.75) is 38.1 Å². The van der Waals surface area contributed by atoms with Crippen molar-refractivity contribution >= 4 is 35.8 Å². The molecule has 0 bridgehead atoms. The summed E-state index contributed by atoms with van der Waals surface area (Å²) in [6.45, 7) is 2.95. The smallest absolute Gasteiger partial charge is 0.242 e. The van der Waals surface area contributed by atoms with Crippen LogP contribution in [0.25, 0.3) is 0 Å². The highest BCUT2D eigenvalue weighted by molar-refractivity contribution is 6.31. The van der Waals surface area contributed by atoms with Crippen molar-refractivity contribution in [3.63, 3.8) is 0 Å². The number of nitrogens with one attached hydrogen (secondary N) is 1. The number of likely N-dealkylation sites (tertiary alicyclic amines) is 1. The van der Waals surface area contributed by atoms with Crippen LogP contribution in [0.4, 0.5) is 0 Å². The number of halogens is 2. The zero-order valence-electron chi connectivity index (χ0n) is 15.0. The first kappa shape index (κ1) is 21.0. The predicted octanol–water partition coefficient (Wildman–Crippen LogP) is 3.03. The van der Waals surface area contributed by atoms with Crippen molar-refractivity contribution in [3.8, 4) is 0 Å². The molecule has 1 aromatic rings. The van der Waals surface area contributed by atoms with E-state index < -0.39 is 0 Å². The molecule has 5 nitrogen and oxygen atoms in total. The first-order valence-corrected chi connectivity index (χ1v) is 9.57. The molecule has 7 heteroatoms. The van der Waals surface area contributed by atoms with E-state index in [0.29, 0.717) is 31.1 Å². The quantitative estimate of drug-likeness (QED) is 0.849. The van der Waals surface area contributed by atoms with E-state index in [1.807, 2.05) is 29.2 Å². The molecule has 26 heavy (non-hydrogen) atoms. The number of carbonyl (C=O) groups is 2. The van der Waals surface area contributed by atoms with Crippen LogP contribution in [-0.4, -0.2) is 54.3 Å². The fraction of sp³-hybridized carbons (Fsp3) is 0.579. The number of nitrogens with zero attached hydrogens (tertiary/aromatic N) is 2. The van der Waals surface area contributed by atoms with Crippen molar-refractivity contribution in [1.29, 1.82) is 0 Å². The van der Waals surface area contributed by atoms with Crippen LogP contribution in [0.3, 0.4) is 0 Å². The summed E-state index contributed by atoms with van der Waals surface area (Å²) in [7, 11) is 0. The van der Waals surface area contributed by atoms with Gasteiger partial charge in [-0.05, 0) is 24.5 Å². The molecule has 2 amide bonds. The number of carbonyl (C=O) groups excluding carboxylic acids is 2. The van der Waals surface area contributed by atoms with Crippen molar-refractivity contribution in [2.75, 3.05) is 32.7 Å². The molecule has 3 rings (SSSR count). The third kappa shape index (κ3) is 5.12. The van der Waals surface area contributed by atoms with E-state index in [9.17, 15) is 9.59 Å². The minimum absolute atomic E-state index is 0. The molecule has 0 saturated carbocycles. The topological polar surface area (TPSA) is 52.7 Å². The number of hydrogen-bond acceptors (Lipinski definition) is 3. The van der Waals surface area contributed by atoms with Crippen LogP contribution in [-0.2, 0) is 9.59 Å². The SMILES string of the molecule is Cl.O=C1CCCCCCN1CC(=O)N1CCNCC1c1ccccc1Cl. The second-order valence-electron chi connectivity index (χ2n) is 6.81. The minimum atomic E-state index is -0.0835. The highest BCUT2D eigenvalue weighted by atomic mass is 35.5. The summed E-state index contributed by atoms with van der Waals surface area (Å²) in [5, 5.41) is 4.02. The van der Waals surface area contributed by atoms with Crippen molar-refractivity contribution in [2.24, 2.45) is 0 Å². The van der Waals surface area contributed by atoms with Crippen LogP contribution in [0.1, 0.15) is 43.7 Å². The molecule has 0 aromatic heterocycles. The predicted molar refractivity (Wildman–Crippen MR) is 106 cm³/mol. The van der Waals surface area contributed by atoms with Gasteiger partial charge >= 0.3 is 0 Å². The molecule has 1 unspecified atom stereocenters. The molecule has 1 N–H and O–H groups in total. The maximum Gasteiger partial charge on any atom is 0.242 e.